The zero-order chi connectivity index (χ0) is 25.7. The first-order chi connectivity index (χ1) is 15.7. The van der Waals surface area contributed by atoms with Gasteiger partial charge in [-0.25, -0.2) is 6.54 Å². The van der Waals surface area contributed by atoms with E-state index in [4.69, 9.17) is 19.4 Å². The fourth-order valence-corrected chi connectivity index (χ4v) is 6.48. The van der Waals surface area contributed by atoms with Gasteiger partial charge in [0, 0.05) is 11.2 Å². The van der Waals surface area contributed by atoms with Gasteiger partial charge in [0.2, 0.25) is 0 Å². The summed E-state index contributed by atoms with van der Waals surface area (Å²) in [5.41, 5.74) is 6.05. The Balaban J connectivity index is 0.000000270. The van der Waals surface area contributed by atoms with E-state index >= 15 is 0 Å². The van der Waals surface area contributed by atoms with E-state index in [9.17, 15) is 0 Å². The van der Waals surface area contributed by atoms with Gasteiger partial charge in [0.15, 0.2) is 0 Å². The van der Waals surface area contributed by atoms with E-state index < -0.39 is 13.5 Å². The van der Waals surface area contributed by atoms with Crippen LogP contribution >= 0.6 is 19.4 Å². The van der Waals surface area contributed by atoms with Crippen molar-refractivity contribution >= 4 is 29.7 Å². The van der Waals surface area contributed by atoms with Crippen molar-refractivity contribution in [3.8, 4) is 0 Å². The number of benzene rings is 1. The monoisotopic (exact) mass is 591 g/mol. The van der Waals surface area contributed by atoms with E-state index in [1.54, 1.807) is 0 Å². The van der Waals surface area contributed by atoms with Crippen molar-refractivity contribution in [3.63, 3.8) is 0 Å². The van der Waals surface area contributed by atoms with E-state index in [1.165, 1.54) is 28.9 Å². The van der Waals surface area contributed by atoms with Crippen molar-refractivity contribution in [2.45, 2.75) is 92.0 Å². The SMILES string of the molecule is CC(C)c1cccc(C(C)C)c1N1[CH-]C(C)(C)CC1(C)C.[CH2-][n+]1ccccc1CC[CH]=[Ru]([Cl])[Cl]. The van der Waals surface area contributed by atoms with Crippen molar-refractivity contribution in [3.05, 3.63) is 73.0 Å². The van der Waals surface area contributed by atoms with Crippen molar-refractivity contribution in [2.24, 2.45) is 5.41 Å². The van der Waals surface area contributed by atoms with Crippen LogP contribution in [0.2, 0.25) is 0 Å². The molecule has 2 aromatic rings. The molecule has 192 valence electrons. The van der Waals surface area contributed by atoms with Crippen LogP contribution in [0.3, 0.4) is 0 Å². The predicted molar refractivity (Wildman–Crippen MR) is 147 cm³/mol. The Morgan fingerprint density at radius 2 is 1.62 bits per heavy atom. The van der Waals surface area contributed by atoms with Gasteiger partial charge in [-0.2, -0.15) is 0 Å². The van der Waals surface area contributed by atoms with Gasteiger partial charge < -0.3 is 4.90 Å². The van der Waals surface area contributed by atoms with Crippen LogP contribution < -0.4 is 9.47 Å². The molecule has 2 nitrogen and oxygen atoms in total. The summed E-state index contributed by atoms with van der Waals surface area (Å²) in [6, 6.07) is 12.9. The third-order valence-corrected chi connectivity index (χ3v) is 8.58. The summed E-state index contributed by atoms with van der Waals surface area (Å²) in [5, 5.41) is 0. The zero-order valence-corrected chi connectivity index (χ0v) is 25.4. The van der Waals surface area contributed by atoms with Crippen molar-refractivity contribution in [2.75, 3.05) is 4.90 Å². The maximum atomic E-state index is 5.71. The molecule has 0 N–H and O–H groups in total. The van der Waals surface area contributed by atoms with E-state index in [-0.39, 0.29) is 11.0 Å². The second-order valence-electron chi connectivity index (χ2n) is 11.1. The molecule has 0 radical (unpaired) electrons. The Morgan fingerprint density at radius 3 is 2.06 bits per heavy atom. The van der Waals surface area contributed by atoms with Crippen LogP contribution in [-0.2, 0) is 19.9 Å². The third kappa shape index (κ3) is 8.07. The number of para-hydroxylation sites is 1. The Bertz CT molecular complexity index is 950. The molecule has 0 amide bonds. The van der Waals surface area contributed by atoms with Crippen LogP contribution in [-0.4, -0.2) is 10.1 Å². The fourth-order valence-electron chi connectivity index (χ4n) is 4.94. The summed E-state index contributed by atoms with van der Waals surface area (Å²) < 4.78 is 3.88. The second kappa shape index (κ2) is 12.4. The fraction of sp³-hybridized carbons (Fsp3) is 0.517. The number of aryl methyl sites for hydroxylation is 1. The predicted octanol–water partition coefficient (Wildman–Crippen LogP) is 8.38. The molecule has 0 unspecified atom stereocenters. The zero-order valence-electron chi connectivity index (χ0n) is 22.2. The van der Waals surface area contributed by atoms with Crippen LogP contribution in [0.5, 0.6) is 0 Å². The quantitative estimate of drug-likeness (QED) is 0.186. The van der Waals surface area contributed by atoms with Gasteiger partial charge in [-0.1, -0.05) is 66.2 Å². The Hall–Kier alpha value is -0.887. The van der Waals surface area contributed by atoms with Gasteiger partial charge in [-0.3, -0.25) is 0 Å². The van der Waals surface area contributed by atoms with Gasteiger partial charge in [0.1, 0.15) is 0 Å². The first-order valence-electron chi connectivity index (χ1n) is 12.2. The van der Waals surface area contributed by atoms with Crippen LogP contribution in [0.4, 0.5) is 5.69 Å². The van der Waals surface area contributed by atoms with Gasteiger partial charge in [0.05, 0.1) is 0 Å². The molecule has 5 heteroatoms. The van der Waals surface area contributed by atoms with Crippen molar-refractivity contribution in [1.29, 1.82) is 0 Å². The van der Waals surface area contributed by atoms with E-state index in [0.29, 0.717) is 11.8 Å². The molecule has 1 aliphatic rings. The summed E-state index contributed by atoms with van der Waals surface area (Å²) in [6.45, 7) is 21.1. The molecule has 1 fully saturated rings. The molecule has 0 bridgehead atoms. The number of anilines is 1. The molecule has 3 rings (SSSR count). The Kier molecular flexibility index (Phi) is 10.7. The van der Waals surface area contributed by atoms with Crippen LogP contribution in [0.25, 0.3) is 0 Å². The van der Waals surface area contributed by atoms with E-state index in [0.717, 1.165) is 12.8 Å². The molecule has 0 aliphatic carbocycles. The van der Waals surface area contributed by atoms with Gasteiger partial charge in [0.25, 0.3) is 0 Å². The van der Waals surface area contributed by atoms with E-state index in [1.807, 2.05) is 27.5 Å². The molecule has 1 saturated heterocycles. The molecule has 0 saturated carbocycles. The maximum absolute atomic E-state index is 5.71. The molecular weight excluding hydrogens is 548 g/mol. The molecular formula is C29H43Cl2N2Ru-. The number of hydrogen-bond acceptors (Lipinski definition) is 1. The van der Waals surface area contributed by atoms with Crippen LogP contribution in [0.15, 0.2) is 42.6 Å². The molecule has 1 aliphatic heterocycles. The average molecular weight is 592 g/mol. The molecule has 34 heavy (non-hydrogen) atoms. The molecule has 2 heterocycles. The summed E-state index contributed by atoms with van der Waals surface area (Å²) in [6.07, 6.45) is 5.02. The number of aromatic nitrogens is 1. The standard InChI is InChI=1S/C20H32N.C9H11N.2ClH.Ru/c1-14(2)16-10-9-11-17(15(3)4)18(16)21-13-19(5,6)12-20(21,7)8;1-3-6-9-7-4-5-8-10(9)2;;;/h9-11,13-15H,12H2,1-8H3;1,4-5,7-8H,2-3,6H2;2*1H;/q-1;;;;+2/p-2. The first-order valence-corrected chi connectivity index (χ1v) is 17.6. The minimum absolute atomic E-state index is 0.179. The van der Waals surface area contributed by atoms with Crippen LogP contribution in [0.1, 0.15) is 96.9 Å². The first kappa shape index (κ1) is 29.3. The summed E-state index contributed by atoms with van der Waals surface area (Å²) in [7, 11) is 15.3. The normalized spacial score (nSPS) is 16.9. The molecule has 1 aromatic carbocycles. The Labute approximate surface area is 222 Å². The Morgan fingerprint density at radius 1 is 1.03 bits per heavy atom. The van der Waals surface area contributed by atoms with Crippen molar-refractivity contribution < 1.29 is 18.1 Å². The minimum atomic E-state index is -1.57. The van der Waals surface area contributed by atoms with Crippen LogP contribution in [0, 0.1) is 19.0 Å². The summed E-state index contributed by atoms with van der Waals surface area (Å²) in [4.78, 5) is 2.57. The molecule has 1 aromatic heterocycles. The second-order valence-corrected chi connectivity index (χ2v) is 17.1. The van der Waals surface area contributed by atoms with Gasteiger partial charge in [-0.05, 0) is 36.8 Å². The van der Waals surface area contributed by atoms with Crippen molar-refractivity contribution in [1.82, 2.24) is 0 Å². The van der Waals surface area contributed by atoms with Gasteiger partial charge >= 0.3 is 92.1 Å². The number of pyridine rings is 1. The summed E-state index contributed by atoms with van der Waals surface area (Å²) >= 11 is -1.57. The number of rotatable bonds is 6. The molecule has 0 spiro atoms. The summed E-state index contributed by atoms with van der Waals surface area (Å²) in [5.74, 6) is 1.10. The van der Waals surface area contributed by atoms with Gasteiger partial charge in [-0.15, -0.1) is 5.41 Å². The number of nitrogens with zero attached hydrogens (tertiary/aromatic N) is 2. The topological polar surface area (TPSA) is 7.12 Å². The number of hydrogen-bond donors (Lipinski definition) is 0. The number of halogens is 2. The molecule has 0 atom stereocenters. The van der Waals surface area contributed by atoms with E-state index in [2.05, 4.69) is 98.1 Å². The third-order valence-electron chi connectivity index (χ3n) is 6.25. The average Bonchev–Trinajstić information content (AvgIpc) is 2.95.